The lowest BCUT2D eigenvalue weighted by Gasteiger charge is -2.16. The van der Waals surface area contributed by atoms with Gasteiger partial charge in [-0.3, -0.25) is 9.59 Å². The van der Waals surface area contributed by atoms with E-state index in [2.05, 4.69) is 19.9 Å². The van der Waals surface area contributed by atoms with Crippen LogP contribution in [0, 0.1) is 0 Å². The first-order chi connectivity index (χ1) is 21.4. The number of aliphatic hydroxyl groups excluding tert-OH is 3. The zero-order chi connectivity index (χ0) is 32.5. The molecular weight excluding hydrogens is 556 g/mol. The van der Waals surface area contributed by atoms with Gasteiger partial charge in [0.15, 0.2) is 6.10 Å². The lowest BCUT2D eigenvalue weighted by molar-refractivity contribution is -0.161. The smallest absolute Gasteiger partial charge is 0.306 e. The van der Waals surface area contributed by atoms with E-state index in [-0.39, 0.29) is 19.0 Å². The Kier molecular flexibility index (Phi) is 30.6. The van der Waals surface area contributed by atoms with E-state index in [1.165, 1.54) is 70.6 Å². The van der Waals surface area contributed by atoms with Crippen molar-refractivity contribution in [1.82, 2.24) is 0 Å². The Balaban J connectivity index is 3.92. The third-order valence-electron chi connectivity index (χ3n) is 7.32. The molecule has 0 unspecified atom stereocenters. The van der Waals surface area contributed by atoms with Crippen molar-refractivity contribution in [2.45, 2.75) is 161 Å². The van der Waals surface area contributed by atoms with Crippen LogP contribution in [-0.2, 0) is 19.1 Å². The lowest BCUT2D eigenvalue weighted by Crippen LogP contribution is -2.28. The average Bonchev–Trinajstić information content (AvgIpc) is 3.01. The van der Waals surface area contributed by atoms with Gasteiger partial charge in [-0.15, -0.1) is 0 Å². The summed E-state index contributed by atoms with van der Waals surface area (Å²) in [6.45, 7) is 3.84. The highest BCUT2D eigenvalue weighted by atomic mass is 16.6. The maximum atomic E-state index is 12.1. The fourth-order valence-electron chi connectivity index (χ4n) is 4.57. The van der Waals surface area contributed by atoms with Crippen LogP contribution < -0.4 is 0 Å². The summed E-state index contributed by atoms with van der Waals surface area (Å²) in [4.78, 5) is 24.1. The maximum Gasteiger partial charge on any atom is 0.306 e. The standard InChI is InChI=1S/C37H64O7/c1-3-5-7-9-11-12-13-14-15-17-23-29-36(41)43-32-35(31-38)44-37(42)30-24-28-34(40)27-22-19-18-21-26-33(39)25-20-16-10-8-6-4-2/h16,18-22,26-27,33-35,38-40H,3-15,17,23-25,28-32H2,1-2H3/b19-18+,20-16-,26-21+,27-22-/t33-,34-,35-/m0/s1. The monoisotopic (exact) mass is 620 g/mol. The van der Waals surface area contributed by atoms with E-state index in [1.54, 1.807) is 36.5 Å². The zero-order valence-corrected chi connectivity index (χ0v) is 27.9. The second kappa shape index (κ2) is 32.2. The van der Waals surface area contributed by atoms with Gasteiger partial charge in [-0.1, -0.05) is 140 Å². The van der Waals surface area contributed by atoms with Gasteiger partial charge in [0.05, 0.1) is 18.8 Å². The lowest BCUT2D eigenvalue weighted by atomic mass is 10.1. The van der Waals surface area contributed by atoms with Crippen molar-refractivity contribution in [3.63, 3.8) is 0 Å². The SMILES string of the molecule is CCCCC/C=C\C[C@H](O)/C=C/C=C/C=C\[C@H](O)CCCC(=O)O[C@@H](CO)COC(=O)CCCCCCCCCCCCC. The van der Waals surface area contributed by atoms with Crippen molar-refractivity contribution in [3.8, 4) is 0 Å². The molecule has 44 heavy (non-hydrogen) atoms. The molecule has 0 rings (SSSR count). The van der Waals surface area contributed by atoms with E-state index in [1.807, 2.05) is 6.08 Å². The molecule has 0 aromatic rings. The molecule has 254 valence electrons. The van der Waals surface area contributed by atoms with E-state index in [0.717, 1.165) is 25.7 Å². The summed E-state index contributed by atoms with van der Waals surface area (Å²) in [7, 11) is 0. The molecular formula is C37H64O7. The summed E-state index contributed by atoms with van der Waals surface area (Å²) in [6, 6.07) is 0. The van der Waals surface area contributed by atoms with Crippen molar-refractivity contribution in [1.29, 1.82) is 0 Å². The van der Waals surface area contributed by atoms with E-state index >= 15 is 0 Å². The second-order valence-electron chi connectivity index (χ2n) is 11.6. The molecule has 0 aliphatic carbocycles. The van der Waals surface area contributed by atoms with Gasteiger partial charge in [-0.05, 0) is 38.5 Å². The minimum atomic E-state index is -0.882. The molecule has 0 aliphatic rings. The van der Waals surface area contributed by atoms with E-state index < -0.39 is 30.9 Å². The Morgan fingerprint density at radius 3 is 1.80 bits per heavy atom. The van der Waals surface area contributed by atoms with Gasteiger partial charge in [-0.25, -0.2) is 0 Å². The molecule has 0 aromatic carbocycles. The number of aliphatic hydroxyl groups is 3. The van der Waals surface area contributed by atoms with Crippen LogP contribution in [0.1, 0.15) is 142 Å². The number of unbranched alkanes of at least 4 members (excludes halogenated alkanes) is 13. The quantitative estimate of drug-likeness (QED) is 0.0321. The summed E-state index contributed by atoms with van der Waals surface area (Å²) < 4.78 is 10.4. The average molecular weight is 621 g/mol. The summed E-state index contributed by atoms with van der Waals surface area (Å²) in [5.41, 5.74) is 0. The number of hydrogen-bond donors (Lipinski definition) is 3. The largest absolute Gasteiger partial charge is 0.462 e. The second-order valence-corrected chi connectivity index (χ2v) is 11.6. The maximum absolute atomic E-state index is 12.1. The van der Waals surface area contributed by atoms with Crippen LogP contribution in [0.15, 0.2) is 48.6 Å². The van der Waals surface area contributed by atoms with Crippen molar-refractivity contribution < 1.29 is 34.4 Å². The molecule has 0 saturated heterocycles. The zero-order valence-electron chi connectivity index (χ0n) is 27.9. The molecule has 0 fully saturated rings. The molecule has 0 aliphatic heterocycles. The van der Waals surface area contributed by atoms with Gasteiger partial charge in [0.25, 0.3) is 0 Å². The van der Waals surface area contributed by atoms with Crippen molar-refractivity contribution in [3.05, 3.63) is 48.6 Å². The number of esters is 2. The van der Waals surface area contributed by atoms with Crippen LogP contribution in [0.25, 0.3) is 0 Å². The minimum absolute atomic E-state index is 0.0948. The normalized spacial score (nSPS) is 14.2. The first-order valence-electron chi connectivity index (χ1n) is 17.4. The van der Waals surface area contributed by atoms with Crippen LogP contribution >= 0.6 is 0 Å². The highest BCUT2D eigenvalue weighted by molar-refractivity contribution is 5.70. The molecule has 0 aromatic heterocycles. The Morgan fingerprint density at radius 1 is 0.636 bits per heavy atom. The molecule has 7 heteroatoms. The van der Waals surface area contributed by atoms with Crippen LogP contribution in [0.4, 0.5) is 0 Å². The van der Waals surface area contributed by atoms with Crippen LogP contribution in [0.5, 0.6) is 0 Å². The highest BCUT2D eigenvalue weighted by Gasteiger charge is 2.16. The van der Waals surface area contributed by atoms with Gasteiger partial charge in [0, 0.05) is 12.8 Å². The number of carbonyl (C=O) groups is 2. The van der Waals surface area contributed by atoms with E-state index in [4.69, 9.17) is 9.47 Å². The number of carbonyl (C=O) groups excluding carboxylic acids is 2. The number of ether oxygens (including phenoxy) is 2. The molecule has 7 nitrogen and oxygen atoms in total. The van der Waals surface area contributed by atoms with E-state index in [9.17, 15) is 24.9 Å². The molecule has 0 spiro atoms. The van der Waals surface area contributed by atoms with Crippen molar-refractivity contribution >= 4 is 11.9 Å². The molecule has 0 radical (unpaired) electrons. The number of hydrogen-bond acceptors (Lipinski definition) is 7. The van der Waals surface area contributed by atoms with Crippen LogP contribution in [-0.4, -0.2) is 58.8 Å². The van der Waals surface area contributed by atoms with Crippen molar-refractivity contribution in [2.75, 3.05) is 13.2 Å². The van der Waals surface area contributed by atoms with Gasteiger partial charge in [0.1, 0.15) is 6.61 Å². The summed E-state index contributed by atoms with van der Waals surface area (Å²) in [5.74, 6) is -0.836. The Bertz CT molecular complexity index is 787. The third kappa shape index (κ3) is 29.8. The van der Waals surface area contributed by atoms with Crippen molar-refractivity contribution in [2.24, 2.45) is 0 Å². The number of allylic oxidation sites excluding steroid dienone is 5. The number of rotatable bonds is 30. The molecule has 3 N–H and O–H groups in total. The van der Waals surface area contributed by atoms with Gasteiger partial charge >= 0.3 is 11.9 Å². The summed E-state index contributed by atoms with van der Waals surface area (Å²) >= 11 is 0. The molecule has 0 heterocycles. The summed E-state index contributed by atoms with van der Waals surface area (Å²) in [5, 5.41) is 29.5. The molecule has 3 atom stereocenters. The fraction of sp³-hybridized carbons (Fsp3) is 0.730. The fourth-order valence-corrected chi connectivity index (χ4v) is 4.57. The molecule has 0 amide bonds. The minimum Gasteiger partial charge on any atom is -0.462 e. The predicted molar refractivity (Wildman–Crippen MR) is 180 cm³/mol. The Morgan fingerprint density at radius 2 is 1.18 bits per heavy atom. The third-order valence-corrected chi connectivity index (χ3v) is 7.32. The highest BCUT2D eigenvalue weighted by Crippen LogP contribution is 2.12. The van der Waals surface area contributed by atoms with Crippen LogP contribution in [0.3, 0.4) is 0 Å². The van der Waals surface area contributed by atoms with Gasteiger partial charge in [-0.2, -0.15) is 0 Å². The Labute approximate surface area is 268 Å². The first kappa shape index (κ1) is 41.8. The van der Waals surface area contributed by atoms with E-state index in [0.29, 0.717) is 25.7 Å². The molecule has 0 saturated carbocycles. The van der Waals surface area contributed by atoms with Crippen LogP contribution in [0.2, 0.25) is 0 Å². The topological polar surface area (TPSA) is 113 Å². The first-order valence-corrected chi connectivity index (χ1v) is 17.4. The summed E-state index contributed by atoms with van der Waals surface area (Å²) in [6.07, 6.45) is 32.2. The van der Waals surface area contributed by atoms with Gasteiger partial charge in [0.2, 0.25) is 0 Å². The Hall–Kier alpha value is -2.22. The molecule has 0 bridgehead atoms. The van der Waals surface area contributed by atoms with Gasteiger partial charge < -0.3 is 24.8 Å². The predicted octanol–water partition coefficient (Wildman–Crippen LogP) is 8.22.